The maximum Gasteiger partial charge on any atom is 0.256 e. The molecule has 5 nitrogen and oxygen atoms in total. The molecular formula is C20H26N3O2S+. The molecule has 0 atom stereocenters. The molecule has 2 aromatic rings. The fourth-order valence-corrected chi connectivity index (χ4v) is 5.34. The SMILES string of the molecule is Cc1ccccc1C(=O)Nc1sc2c(c1C(N)=O)CC(C)(C)[NH2+]C2(C)C. The van der Waals surface area contributed by atoms with Crippen molar-refractivity contribution >= 4 is 28.2 Å². The van der Waals surface area contributed by atoms with E-state index in [0.29, 0.717) is 16.1 Å². The Balaban J connectivity index is 2.07. The summed E-state index contributed by atoms with van der Waals surface area (Å²) in [7, 11) is 0. The van der Waals surface area contributed by atoms with Crippen LogP contribution in [0.5, 0.6) is 0 Å². The van der Waals surface area contributed by atoms with Crippen LogP contribution >= 0.6 is 11.3 Å². The monoisotopic (exact) mass is 372 g/mol. The molecule has 2 amide bonds. The molecule has 138 valence electrons. The second-order valence-corrected chi connectivity index (χ2v) is 9.30. The van der Waals surface area contributed by atoms with Crippen LogP contribution in [0.2, 0.25) is 0 Å². The number of primary amides is 1. The standard InChI is InChI=1S/C20H25N3O2S/c1-11-8-6-7-9-12(11)17(25)22-18-14(16(21)24)13-10-19(2,3)23-20(4,5)15(13)26-18/h6-9,23H,10H2,1-5H3,(H2,21,24)(H,22,25)/p+1. The molecule has 2 heterocycles. The number of fused-ring (bicyclic) bond motifs is 1. The number of benzene rings is 1. The van der Waals surface area contributed by atoms with Crippen molar-refractivity contribution in [2.24, 2.45) is 5.73 Å². The lowest BCUT2D eigenvalue weighted by atomic mass is 9.81. The van der Waals surface area contributed by atoms with Crippen LogP contribution in [0.25, 0.3) is 0 Å². The van der Waals surface area contributed by atoms with Crippen molar-refractivity contribution in [3.8, 4) is 0 Å². The number of quaternary nitrogens is 1. The maximum atomic E-state index is 12.7. The van der Waals surface area contributed by atoms with Gasteiger partial charge in [-0.25, -0.2) is 0 Å². The zero-order chi connectivity index (χ0) is 19.3. The Kier molecular flexibility index (Phi) is 4.45. The van der Waals surface area contributed by atoms with Crippen molar-refractivity contribution in [2.45, 2.75) is 52.1 Å². The molecule has 0 radical (unpaired) electrons. The molecule has 1 aromatic heterocycles. The average Bonchev–Trinajstić information content (AvgIpc) is 2.84. The summed E-state index contributed by atoms with van der Waals surface area (Å²) in [6.07, 6.45) is 0.737. The largest absolute Gasteiger partial charge is 0.365 e. The van der Waals surface area contributed by atoms with E-state index in [9.17, 15) is 9.59 Å². The molecule has 0 fully saturated rings. The molecule has 0 aliphatic carbocycles. The van der Waals surface area contributed by atoms with Crippen molar-refractivity contribution in [1.29, 1.82) is 0 Å². The van der Waals surface area contributed by atoms with Crippen LogP contribution in [0.1, 0.15) is 64.4 Å². The lowest BCUT2D eigenvalue weighted by Crippen LogP contribution is -3.03. The Hall–Kier alpha value is -2.18. The number of anilines is 1. The molecule has 5 N–H and O–H groups in total. The third-order valence-electron chi connectivity index (χ3n) is 4.84. The highest BCUT2D eigenvalue weighted by atomic mass is 32.1. The van der Waals surface area contributed by atoms with Crippen LogP contribution in [0.3, 0.4) is 0 Å². The van der Waals surface area contributed by atoms with Gasteiger partial charge in [0.05, 0.1) is 16.0 Å². The van der Waals surface area contributed by atoms with Gasteiger partial charge in [-0.15, -0.1) is 11.3 Å². The summed E-state index contributed by atoms with van der Waals surface area (Å²) in [6.45, 7) is 10.5. The van der Waals surface area contributed by atoms with Crippen LogP contribution in [-0.4, -0.2) is 17.4 Å². The lowest BCUT2D eigenvalue weighted by molar-refractivity contribution is -0.789. The predicted molar refractivity (Wildman–Crippen MR) is 105 cm³/mol. The summed E-state index contributed by atoms with van der Waals surface area (Å²) >= 11 is 1.46. The molecule has 1 aromatic carbocycles. The molecule has 0 saturated carbocycles. The van der Waals surface area contributed by atoms with Gasteiger partial charge in [-0.3, -0.25) is 9.59 Å². The predicted octanol–water partition coefficient (Wildman–Crippen LogP) is 2.54. The number of hydrogen-bond acceptors (Lipinski definition) is 3. The third-order valence-corrected chi connectivity index (χ3v) is 6.33. The second kappa shape index (κ2) is 6.21. The summed E-state index contributed by atoms with van der Waals surface area (Å²) in [6, 6.07) is 7.40. The Labute approximate surface area is 158 Å². The van der Waals surface area contributed by atoms with Crippen LogP contribution in [0.4, 0.5) is 5.00 Å². The van der Waals surface area contributed by atoms with Crippen molar-refractivity contribution in [3.63, 3.8) is 0 Å². The first kappa shape index (κ1) is 18.6. The molecule has 1 aliphatic rings. The lowest BCUT2D eigenvalue weighted by Gasteiger charge is -2.38. The quantitative estimate of drug-likeness (QED) is 0.773. The Bertz CT molecular complexity index is 896. The topological polar surface area (TPSA) is 88.8 Å². The average molecular weight is 373 g/mol. The number of nitrogens with two attached hydrogens (primary N) is 2. The van der Waals surface area contributed by atoms with Gasteiger partial charge >= 0.3 is 0 Å². The molecule has 26 heavy (non-hydrogen) atoms. The Morgan fingerprint density at radius 1 is 1.19 bits per heavy atom. The molecule has 6 heteroatoms. The number of carbonyl (C=O) groups is 2. The number of aryl methyl sites for hydroxylation is 1. The van der Waals surface area contributed by atoms with Gasteiger partial charge in [0.25, 0.3) is 11.8 Å². The molecule has 3 rings (SSSR count). The summed E-state index contributed by atoms with van der Waals surface area (Å²) in [5, 5.41) is 5.80. The normalized spacial score (nSPS) is 17.4. The van der Waals surface area contributed by atoms with Crippen molar-refractivity contribution < 1.29 is 14.9 Å². The maximum absolute atomic E-state index is 12.7. The summed E-state index contributed by atoms with van der Waals surface area (Å²) in [5.41, 5.74) is 8.41. The fourth-order valence-electron chi connectivity index (χ4n) is 4.05. The minimum Gasteiger partial charge on any atom is -0.365 e. The van der Waals surface area contributed by atoms with Crippen molar-refractivity contribution in [3.05, 3.63) is 51.4 Å². The fraction of sp³-hybridized carbons (Fsp3) is 0.400. The minimum atomic E-state index is -0.490. The van der Waals surface area contributed by atoms with Crippen LogP contribution in [0.15, 0.2) is 24.3 Å². The highest BCUT2D eigenvalue weighted by Crippen LogP contribution is 2.42. The van der Waals surface area contributed by atoms with Gasteiger partial charge in [0.15, 0.2) is 0 Å². The van der Waals surface area contributed by atoms with Crippen molar-refractivity contribution in [2.75, 3.05) is 5.32 Å². The molecular weight excluding hydrogens is 346 g/mol. The first-order chi connectivity index (χ1) is 12.0. The van der Waals surface area contributed by atoms with E-state index >= 15 is 0 Å². The first-order valence-electron chi connectivity index (χ1n) is 8.72. The van der Waals surface area contributed by atoms with Crippen molar-refractivity contribution in [1.82, 2.24) is 0 Å². The summed E-state index contributed by atoms with van der Waals surface area (Å²) < 4.78 is 0. The number of nitrogens with one attached hydrogen (secondary N) is 1. The van der Waals surface area contributed by atoms with Gasteiger partial charge in [-0.05, 0) is 51.8 Å². The zero-order valence-corrected chi connectivity index (χ0v) is 16.7. The number of rotatable bonds is 3. The summed E-state index contributed by atoms with van der Waals surface area (Å²) in [4.78, 5) is 26.1. The number of carbonyl (C=O) groups excluding carboxylic acids is 2. The molecule has 1 aliphatic heterocycles. The smallest absolute Gasteiger partial charge is 0.256 e. The number of amides is 2. The molecule has 0 spiro atoms. The third kappa shape index (κ3) is 3.27. The van der Waals surface area contributed by atoms with E-state index in [1.807, 2.05) is 25.1 Å². The van der Waals surface area contributed by atoms with Crippen LogP contribution in [-0.2, 0) is 12.0 Å². The minimum absolute atomic E-state index is 0.0426. The van der Waals surface area contributed by atoms with Gasteiger partial charge in [0.2, 0.25) is 0 Å². The van der Waals surface area contributed by atoms with E-state index in [2.05, 4.69) is 38.3 Å². The highest BCUT2D eigenvalue weighted by molar-refractivity contribution is 7.17. The Morgan fingerprint density at radius 3 is 2.46 bits per heavy atom. The highest BCUT2D eigenvalue weighted by Gasteiger charge is 2.45. The second-order valence-electron chi connectivity index (χ2n) is 8.28. The van der Waals surface area contributed by atoms with Gasteiger partial charge in [-0.1, -0.05) is 18.2 Å². The van der Waals surface area contributed by atoms with E-state index in [4.69, 9.17) is 5.73 Å². The molecule has 0 unspecified atom stereocenters. The van der Waals surface area contributed by atoms with Gasteiger partial charge < -0.3 is 16.4 Å². The first-order valence-corrected chi connectivity index (χ1v) is 9.53. The van der Waals surface area contributed by atoms with Crippen LogP contribution < -0.4 is 16.4 Å². The van der Waals surface area contributed by atoms with E-state index in [-0.39, 0.29) is 17.0 Å². The number of hydrogen-bond donors (Lipinski definition) is 3. The van der Waals surface area contributed by atoms with Gasteiger partial charge in [0.1, 0.15) is 10.5 Å². The molecule has 0 saturated heterocycles. The summed E-state index contributed by atoms with van der Waals surface area (Å²) in [5.74, 6) is -0.707. The van der Waals surface area contributed by atoms with E-state index < -0.39 is 5.91 Å². The van der Waals surface area contributed by atoms with E-state index in [1.165, 1.54) is 11.3 Å². The van der Waals surface area contributed by atoms with Crippen LogP contribution in [0, 0.1) is 6.92 Å². The number of thiophene rings is 1. The van der Waals surface area contributed by atoms with Gasteiger partial charge in [0, 0.05) is 12.0 Å². The molecule has 0 bridgehead atoms. The van der Waals surface area contributed by atoms with E-state index in [1.54, 1.807) is 6.07 Å². The van der Waals surface area contributed by atoms with Gasteiger partial charge in [-0.2, -0.15) is 0 Å². The zero-order valence-electron chi connectivity index (χ0n) is 15.9. The Morgan fingerprint density at radius 2 is 1.85 bits per heavy atom. The van der Waals surface area contributed by atoms with E-state index in [0.717, 1.165) is 22.4 Å².